The molecular weight excluding hydrogens is 390 g/mol. The third kappa shape index (κ3) is 3.97. The number of hydrogen-bond acceptors (Lipinski definition) is 4. The molecule has 3 aromatic carbocycles. The molecule has 1 unspecified atom stereocenters. The lowest BCUT2D eigenvalue weighted by atomic mass is 9.87. The first-order valence-electron chi connectivity index (χ1n) is 10.3. The second-order valence-corrected chi connectivity index (χ2v) is 7.91. The maximum atomic E-state index is 13.3. The Bertz CT molecular complexity index is 1130. The highest BCUT2D eigenvalue weighted by Crippen LogP contribution is 2.42. The van der Waals surface area contributed by atoms with Gasteiger partial charge in [0.05, 0.1) is 18.7 Å². The molecule has 0 fully saturated rings. The number of ketones is 1. The molecule has 1 N–H and O–H groups in total. The molecule has 5 nitrogen and oxygen atoms in total. The lowest BCUT2D eigenvalue weighted by molar-refractivity contribution is -0.135. The molecule has 0 saturated carbocycles. The highest BCUT2D eigenvalue weighted by atomic mass is 16.5. The van der Waals surface area contributed by atoms with Crippen LogP contribution in [0.25, 0.3) is 0 Å². The van der Waals surface area contributed by atoms with Gasteiger partial charge in [0.1, 0.15) is 12.4 Å². The molecule has 0 aromatic heterocycles. The number of carbonyl (C=O) groups is 2. The molecule has 0 saturated heterocycles. The number of ether oxygens (including phenoxy) is 1. The number of hydrogen-bond donors (Lipinski definition) is 1. The van der Waals surface area contributed by atoms with Crippen LogP contribution in [0.4, 0.5) is 5.69 Å². The summed E-state index contributed by atoms with van der Waals surface area (Å²) >= 11 is 0. The van der Waals surface area contributed by atoms with Crippen molar-refractivity contribution in [1.82, 2.24) is 0 Å². The van der Waals surface area contributed by atoms with E-state index in [0.29, 0.717) is 22.6 Å². The number of nitrogens with zero attached hydrogens (tertiary/aromatic N) is 1. The maximum absolute atomic E-state index is 13.3. The van der Waals surface area contributed by atoms with Crippen molar-refractivity contribution >= 4 is 17.4 Å². The first-order valence-corrected chi connectivity index (χ1v) is 10.3. The van der Waals surface area contributed by atoms with Crippen LogP contribution in [0, 0.1) is 13.8 Å². The SMILES string of the molecule is Cc1ccc(C(=O)CC2(O)C(=O)N(CCOc3ccccc3)c3ccccc32)c(C)c1. The third-order valence-electron chi connectivity index (χ3n) is 5.66. The zero-order valence-electron chi connectivity index (χ0n) is 17.7. The molecule has 1 amide bonds. The van der Waals surface area contributed by atoms with Crippen LogP contribution in [-0.2, 0) is 10.4 Å². The fraction of sp³-hybridized carbons (Fsp3) is 0.231. The standard InChI is InChI=1S/C26H25NO4/c1-18-12-13-21(19(2)16-18)24(28)17-26(30)22-10-6-7-11-23(22)27(25(26)29)14-15-31-20-8-4-3-5-9-20/h3-13,16,30H,14-15,17H2,1-2H3. The van der Waals surface area contributed by atoms with Crippen LogP contribution in [0.1, 0.15) is 33.5 Å². The van der Waals surface area contributed by atoms with Gasteiger partial charge in [-0.3, -0.25) is 9.59 Å². The molecule has 158 valence electrons. The quantitative estimate of drug-likeness (QED) is 0.588. The van der Waals surface area contributed by atoms with Crippen LogP contribution in [0.5, 0.6) is 5.75 Å². The Balaban J connectivity index is 1.56. The Kier molecular flexibility index (Phi) is 5.61. The Morgan fingerprint density at radius 1 is 1.00 bits per heavy atom. The molecule has 1 heterocycles. The van der Waals surface area contributed by atoms with Crippen molar-refractivity contribution in [2.45, 2.75) is 25.9 Å². The van der Waals surface area contributed by atoms with Crippen molar-refractivity contribution in [3.63, 3.8) is 0 Å². The van der Waals surface area contributed by atoms with Gasteiger partial charge in [0.2, 0.25) is 0 Å². The Labute approximate surface area is 181 Å². The van der Waals surface area contributed by atoms with Crippen molar-refractivity contribution in [2.24, 2.45) is 0 Å². The van der Waals surface area contributed by atoms with Gasteiger partial charge in [-0.15, -0.1) is 0 Å². The summed E-state index contributed by atoms with van der Waals surface area (Å²) in [5.41, 5.74) is 1.59. The highest BCUT2D eigenvalue weighted by Gasteiger charge is 2.50. The summed E-state index contributed by atoms with van der Waals surface area (Å²) in [4.78, 5) is 27.9. The number of aryl methyl sites for hydroxylation is 2. The number of anilines is 1. The van der Waals surface area contributed by atoms with E-state index >= 15 is 0 Å². The number of fused-ring (bicyclic) bond motifs is 1. The molecular formula is C26H25NO4. The average Bonchev–Trinajstić information content (AvgIpc) is 2.96. The molecule has 31 heavy (non-hydrogen) atoms. The van der Waals surface area contributed by atoms with E-state index < -0.39 is 11.5 Å². The minimum Gasteiger partial charge on any atom is -0.492 e. The van der Waals surface area contributed by atoms with E-state index in [9.17, 15) is 14.7 Å². The van der Waals surface area contributed by atoms with E-state index in [1.807, 2.05) is 62.4 Å². The van der Waals surface area contributed by atoms with Crippen LogP contribution in [0.3, 0.4) is 0 Å². The lowest BCUT2D eigenvalue weighted by Gasteiger charge is -2.23. The number of benzene rings is 3. The first-order chi connectivity index (χ1) is 14.9. The minimum atomic E-state index is -1.89. The number of aliphatic hydroxyl groups is 1. The summed E-state index contributed by atoms with van der Waals surface area (Å²) in [6.07, 6.45) is -0.303. The summed E-state index contributed by atoms with van der Waals surface area (Å²) in [6, 6.07) is 22.0. The van der Waals surface area contributed by atoms with Crippen LogP contribution in [0.2, 0.25) is 0 Å². The van der Waals surface area contributed by atoms with Crippen LogP contribution >= 0.6 is 0 Å². The van der Waals surface area contributed by atoms with Gasteiger partial charge in [-0.1, -0.05) is 60.2 Å². The molecule has 1 aliphatic rings. The molecule has 1 aliphatic heterocycles. The molecule has 0 radical (unpaired) electrons. The predicted octanol–water partition coefficient (Wildman–Crippen LogP) is 4.19. The topological polar surface area (TPSA) is 66.8 Å². The smallest absolute Gasteiger partial charge is 0.264 e. The Morgan fingerprint density at radius 2 is 1.71 bits per heavy atom. The minimum absolute atomic E-state index is 0.259. The van der Waals surface area contributed by atoms with Crippen LogP contribution in [-0.4, -0.2) is 29.9 Å². The van der Waals surface area contributed by atoms with E-state index in [2.05, 4.69) is 0 Å². The highest BCUT2D eigenvalue weighted by molar-refractivity contribution is 6.11. The molecule has 0 aliphatic carbocycles. The fourth-order valence-electron chi connectivity index (χ4n) is 4.12. The molecule has 0 spiro atoms. The fourth-order valence-corrected chi connectivity index (χ4v) is 4.12. The summed E-state index contributed by atoms with van der Waals surface area (Å²) in [5.74, 6) is -0.0447. The van der Waals surface area contributed by atoms with Crippen molar-refractivity contribution in [3.05, 3.63) is 95.1 Å². The lowest BCUT2D eigenvalue weighted by Crippen LogP contribution is -2.43. The van der Waals surface area contributed by atoms with Gasteiger partial charge in [-0.25, -0.2) is 0 Å². The van der Waals surface area contributed by atoms with Crippen molar-refractivity contribution < 1.29 is 19.4 Å². The monoisotopic (exact) mass is 415 g/mol. The number of para-hydroxylation sites is 2. The van der Waals surface area contributed by atoms with E-state index in [-0.39, 0.29) is 25.4 Å². The first kappa shape index (κ1) is 20.8. The zero-order valence-corrected chi connectivity index (χ0v) is 17.7. The largest absolute Gasteiger partial charge is 0.492 e. The molecule has 4 rings (SSSR count). The van der Waals surface area contributed by atoms with Gasteiger partial charge in [-0.2, -0.15) is 0 Å². The number of amides is 1. The Hall–Kier alpha value is -3.44. The van der Waals surface area contributed by atoms with Crippen LogP contribution in [0.15, 0.2) is 72.8 Å². The summed E-state index contributed by atoms with van der Waals surface area (Å²) < 4.78 is 5.73. The van der Waals surface area contributed by atoms with Crippen molar-refractivity contribution in [3.8, 4) is 5.75 Å². The van der Waals surface area contributed by atoms with Gasteiger partial charge >= 0.3 is 0 Å². The van der Waals surface area contributed by atoms with Crippen molar-refractivity contribution in [1.29, 1.82) is 0 Å². The van der Waals surface area contributed by atoms with E-state index in [1.54, 1.807) is 24.3 Å². The van der Waals surface area contributed by atoms with Gasteiger partial charge < -0.3 is 14.7 Å². The van der Waals surface area contributed by atoms with Crippen LogP contribution < -0.4 is 9.64 Å². The van der Waals surface area contributed by atoms with E-state index in [0.717, 1.165) is 11.1 Å². The number of rotatable bonds is 7. The second kappa shape index (κ2) is 8.36. The molecule has 0 bridgehead atoms. The number of carbonyl (C=O) groups excluding carboxylic acids is 2. The molecule has 5 heteroatoms. The van der Waals surface area contributed by atoms with Gasteiger partial charge in [0.25, 0.3) is 5.91 Å². The third-order valence-corrected chi connectivity index (χ3v) is 5.66. The van der Waals surface area contributed by atoms with Crippen molar-refractivity contribution in [2.75, 3.05) is 18.1 Å². The normalized spacial score (nSPS) is 17.5. The second-order valence-electron chi connectivity index (χ2n) is 7.91. The Morgan fingerprint density at radius 3 is 2.45 bits per heavy atom. The maximum Gasteiger partial charge on any atom is 0.264 e. The predicted molar refractivity (Wildman–Crippen MR) is 119 cm³/mol. The van der Waals surface area contributed by atoms with E-state index in [1.165, 1.54) is 4.90 Å². The van der Waals surface area contributed by atoms with E-state index in [4.69, 9.17) is 4.74 Å². The number of Topliss-reactive ketones (excluding diaryl/α,β-unsaturated/α-hetero) is 1. The molecule has 3 aromatic rings. The van der Waals surface area contributed by atoms with Gasteiger partial charge in [0.15, 0.2) is 11.4 Å². The summed E-state index contributed by atoms with van der Waals surface area (Å²) in [6.45, 7) is 4.36. The zero-order chi connectivity index (χ0) is 22.0. The van der Waals surface area contributed by atoms with Gasteiger partial charge in [-0.05, 0) is 37.6 Å². The molecule has 1 atom stereocenters. The average molecular weight is 415 g/mol. The summed E-state index contributed by atoms with van der Waals surface area (Å²) in [5, 5.41) is 11.4. The summed E-state index contributed by atoms with van der Waals surface area (Å²) in [7, 11) is 0. The van der Waals surface area contributed by atoms with Gasteiger partial charge in [0, 0.05) is 11.1 Å².